The third-order valence-corrected chi connectivity index (χ3v) is 4.08. The van der Waals surface area contributed by atoms with Gasteiger partial charge in [-0.2, -0.15) is 0 Å². The number of hydrogen-bond donors (Lipinski definition) is 2. The van der Waals surface area contributed by atoms with E-state index in [2.05, 4.69) is 5.32 Å². The molecule has 5 nitrogen and oxygen atoms in total. The maximum atomic E-state index is 11.8. The monoisotopic (exact) mass is 351 g/mol. The van der Waals surface area contributed by atoms with Crippen LogP contribution in [-0.2, 0) is 9.47 Å². The number of aliphatic hydroxyl groups is 1. The Hall–Kier alpha value is -1.66. The van der Waals surface area contributed by atoms with E-state index in [4.69, 9.17) is 21.7 Å². The van der Waals surface area contributed by atoms with Crippen molar-refractivity contribution in [3.05, 3.63) is 35.9 Å². The van der Waals surface area contributed by atoms with Gasteiger partial charge in [0.1, 0.15) is 11.7 Å². The molecule has 0 aliphatic heterocycles. The highest BCUT2D eigenvalue weighted by Crippen LogP contribution is 2.23. The number of hydrogen-bond acceptors (Lipinski definition) is 5. The molecule has 1 aliphatic carbocycles. The van der Waals surface area contributed by atoms with Crippen LogP contribution in [0.2, 0.25) is 0 Å². The summed E-state index contributed by atoms with van der Waals surface area (Å²) < 4.78 is 11.0. The van der Waals surface area contributed by atoms with Crippen molar-refractivity contribution < 1.29 is 19.4 Å². The lowest BCUT2D eigenvalue weighted by molar-refractivity contribution is -0.0104. The highest BCUT2D eigenvalue weighted by molar-refractivity contribution is 7.80. The Morgan fingerprint density at radius 3 is 2.50 bits per heavy atom. The SMILES string of the molecule is CC(C)(C)OC(=O)N[C@H]1CC[C@H](OC(=S)c2ccccc2)[C@@H](O)C1. The molecule has 0 spiro atoms. The topological polar surface area (TPSA) is 67.8 Å². The van der Waals surface area contributed by atoms with Gasteiger partial charge in [-0.25, -0.2) is 4.79 Å². The van der Waals surface area contributed by atoms with Crippen molar-refractivity contribution in [1.29, 1.82) is 0 Å². The quantitative estimate of drug-likeness (QED) is 0.819. The smallest absolute Gasteiger partial charge is 0.407 e. The molecule has 2 rings (SSSR count). The molecule has 0 unspecified atom stereocenters. The average molecular weight is 351 g/mol. The Morgan fingerprint density at radius 1 is 1.25 bits per heavy atom. The first-order valence-electron chi connectivity index (χ1n) is 8.18. The Kier molecular flexibility index (Phi) is 6.18. The largest absolute Gasteiger partial charge is 0.477 e. The molecule has 132 valence electrons. The van der Waals surface area contributed by atoms with Gasteiger partial charge in [-0.05, 0) is 52.3 Å². The van der Waals surface area contributed by atoms with Crippen LogP contribution >= 0.6 is 12.2 Å². The van der Waals surface area contributed by atoms with Crippen molar-refractivity contribution in [1.82, 2.24) is 5.32 Å². The van der Waals surface area contributed by atoms with Crippen LogP contribution in [0.5, 0.6) is 0 Å². The molecule has 0 radical (unpaired) electrons. The number of alkyl carbamates (subject to hydrolysis) is 1. The fraction of sp³-hybridized carbons (Fsp3) is 0.556. The number of thiocarbonyl (C=S) groups is 1. The van der Waals surface area contributed by atoms with Gasteiger partial charge in [0.15, 0.2) is 5.05 Å². The predicted octanol–water partition coefficient (Wildman–Crippen LogP) is 3.19. The van der Waals surface area contributed by atoms with Crippen molar-refractivity contribution in [2.24, 2.45) is 0 Å². The third-order valence-electron chi connectivity index (χ3n) is 3.74. The first-order chi connectivity index (χ1) is 11.2. The van der Waals surface area contributed by atoms with Crippen LogP contribution in [0.4, 0.5) is 4.79 Å². The number of aliphatic hydroxyl groups excluding tert-OH is 1. The van der Waals surface area contributed by atoms with Crippen molar-refractivity contribution in [3.8, 4) is 0 Å². The number of carbonyl (C=O) groups is 1. The molecule has 0 aromatic heterocycles. The third kappa shape index (κ3) is 5.76. The van der Waals surface area contributed by atoms with E-state index < -0.39 is 17.8 Å². The van der Waals surface area contributed by atoms with Crippen LogP contribution in [0.1, 0.15) is 45.6 Å². The lowest BCUT2D eigenvalue weighted by Gasteiger charge is -2.34. The summed E-state index contributed by atoms with van der Waals surface area (Å²) in [5.74, 6) is 0. The number of ether oxygens (including phenoxy) is 2. The molecule has 6 heteroatoms. The molecule has 0 saturated heterocycles. The molecule has 1 aromatic carbocycles. The maximum absolute atomic E-state index is 11.8. The van der Waals surface area contributed by atoms with E-state index in [0.29, 0.717) is 24.3 Å². The van der Waals surface area contributed by atoms with Gasteiger partial charge in [0, 0.05) is 11.6 Å². The van der Waals surface area contributed by atoms with E-state index >= 15 is 0 Å². The van der Waals surface area contributed by atoms with Crippen molar-refractivity contribution >= 4 is 23.4 Å². The number of benzene rings is 1. The standard InChI is InChI=1S/C18H25NO4S/c1-18(2,3)23-17(21)19-13-9-10-15(14(20)11-13)22-16(24)12-7-5-4-6-8-12/h4-8,13-15,20H,9-11H2,1-3H3,(H,19,21)/t13-,14-,15-/m0/s1. The van der Waals surface area contributed by atoms with Crippen LogP contribution in [0.3, 0.4) is 0 Å². The average Bonchev–Trinajstić information content (AvgIpc) is 2.49. The minimum atomic E-state index is -0.680. The van der Waals surface area contributed by atoms with Gasteiger partial charge >= 0.3 is 6.09 Å². The second-order valence-corrected chi connectivity index (χ2v) is 7.40. The van der Waals surface area contributed by atoms with Crippen LogP contribution in [0, 0.1) is 0 Å². The van der Waals surface area contributed by atoms with Crippen molar-refractivity contribution in [2.45, 2.75) is 63.9 Å². The van der Waals surface area contributed by atoms with Gasteiger partial charge < -0.3 is 19.9 Å². The van der Waals surface area contributed by atoms with Crippen LogP contribution in [-0.4, -0.2) is 40.1 Å². The second-order valence-electron chi connectivity index (χ2n) is 7.03. The zero-order chi connectivity index (χ0) is 17.7. The van der Waals surface area contributed by atoms with Crippen molar-refractivity contribution in [3.63, 3.8) is 0 Å². The van der Waals surface area contributed by atoms with Crippen LogP contribution < -0.4 is 5.32 Å². The zero-order valence-electron chi connectivity index (χ0n) is 14.3. The first-order valence-corrected chi connectivity index (χ1v) is 8.59. The van der Waals surface area contributed by atoms with E-state index in [-0.39, 0.29) is 12.1 Å². The van der Waals surface area contributed by atoms with E-state index in [1.807, 2.05) is 51.1 Å². The molecular weight excluding hydrogens is 326 g/mol. The normalized spacial score (nSPS) is 24.1. The highest BCUT2D eigenvalue weighted by Gasteiger charge is 2.32. The number of carbonyl (C=O) groups excluding carboxylic acids is 1. The minimum Gasteiger partial charge on any atom is -0.477 e. The maximum Gasteiger partial charge on any atom is 0.407 e. The molecule has 3 atom stereocenters. The lowest BCUT2D eigenvalue weighted by atomic mass is 9.90. The van der Waals surface area contributed by atoms with E-state index in [9.17, 15) is 9.90 Å². The number of rotatable bonds is 3. The molecule has 1 fully saturated rings. The lowest BCUT2D eigenvalue weighted by Crippen LogP contribution is -2.47. The second kappa shape index (κ2) is 7.94. The Morgan fingerprint density at radius 2 is 1.92 bits per heavy atom. The van der Waals surface area contributed by atoms with E-state index in [0.717, 1.165) is 5.56 Å². The molecule has 1 amide bonds. The summed E-state index contributed by atoms with van der Waals surface area (Å²) in [6.07, 6.45) is 0.252. The summed E-state index contributed by atoms with van der Waals surface area (Å²) in [5, 5.41) is 13.5. The molecule has 1 aromatic rings. The molecule has 0 bridgehead atoms. The van der Waals surface area contributed by atoms with Crippen molar-refractivity contribution in [2.75, 3.05) is 0 Å². The van der Waals surface area contributed by atoms with Crippen LogP contribution in [0.15, 0.2) is 30.3 Å². The van der Waals surface area contributed by atoms with Gasteiger partial charge in [-0.3, -0.25) is 0 Å². The summed E-state index contributed by atoms with van der Waals surface area (Å²) in [7, 11) is 0. The molecule has 0 heterocycles. The van der Waals surface area contributed by atoms with Gasteiger partial charge in [0.05, 0.1) is 6.10 Å². The summed E-state index contributed by atoms with van der Waals surface area (Å²) in [6, 6.07) is 9.33. The molecular formula is C18H25NO4S. The Balaban J connectivity index is 1.82. The van der Waals surface area contributed by atoms with Gasteiger partial charge in [-0.1, -0.05) is 30.3 Å². The molecule has 2 N–H and O–H groups in total. The number of nitrogens with one attached hydrogen (secondary N) is 1. The minimum absolute atomic E-state index is 0.125. The Bertz CT molecular complexity index is 570. The van der Waals surface area contributed by atoms with E-state index in [1.54, 1.807) is 0 Å². The summed E-state index contributed by atoms with van der Waals surface area (Å²) in [5.41, 5.74) is 0.291. The number of amides is 1. The molecule has 24 heavy (non-hydrogen) atoms. The molecule has 1 aliphatic rings. The molecule has 1 saturated carbocycles. The summed E-state index contributed by atoms with van der Waals surface area (Å²) in [6.45, 7) is 5.45. The fourth-order valence-corrected chi connectivity index (χ4v) is 2.90. The fourth-order valence-electron chi connectivity index (χ4n) is 2.64. The van der Waals surface area contributed by atoms with Gasteiger partial charge in [-0.15, -0.1) is 0 Å². The summed E-state index contributed by atoms with van der Waals surface area (Å²) >= 11 is 5.29. The van der Waals surface area contributed by atoms with Gasteiger partial charge in [0.2, 0.25) is 0 Å². The zero-order valence-corrected chi connectivity index (χ0v) is 15.1. The van der Waals surface area contributed by atoms with Gasteiger partial charge in [0.25, 0.3) is 0 Å². The van der Waals surface area contributed by atoms with E-state index in [1.165, 1.54) is 0 Å². The Labute approximate surface area is 148 Å². The summed E-state index contributed by atoms with van der Waals surface area (Å²) in [4.78, 5) is 11.8. The first kappa shape index (κ1) is 18.7. The highest BCUT2D eigenvalue weighted by atomic mass is 32.1. The predicted molar refractivity (Wildman–Crippen MR) is 96.0 cm³/mol. The van der Waals surface area contributed by atoms with Crippen LogP contribution in [0.25, 0.3) is 0 Å².